The lowest BCUT2D eigenvalue weighted by molar-refractivity contribution is 0.0945. The number of pyridine rings is 1. The molecule has 0 saturated heterocycles. The molecule has 7 heteroatoms. The molecule has 30 heavy (non-hydrogen) atoms. The maximum Gasteiger partial charge on any atom is 0.255 e. The molecule has 3 aromatic rings. The van der Waals surface area contributed by atoms with Crippen LogP contribution in [0.5, 0.6) is 0 Å². The third-order valence-corrected chi connectivity index (χ3v) is 4.46. The summed E-state index contributed by atoms with van der Waals surface area (Å²) in [6.45, 7) is 0.385. The molecule has 0 atom stereocenters. The lowest BCUT2D eigenvalue weighted by Crippen LogP contribution is -2.27. The quantitative estimate of drug-likeness (QED) is 0.536. The zero-order valence-electron chi connectivity index (χ0n) is 16.2. The van der Waals surface area contributed by atoms with Gasteiger partial charge in [-0.15, -0.1) is 0 Å². The van der Waals surface area contributed by atoms with Crippen molar-refractivity contribution in [1.82, 2.24) is 10.3 Å². The van der Waals surface area contributed by atoms with Crippen molar-refractivity contribution in [2.24, 2.45) is 0 Å². The van der Waals surface area contributed by atoms with Crippen molar-refractivity contribution in [3.63, 3.8) is 0 Å². The number of anilines is 1. The van der Waals surface area contributed by atoms with Crippen LogP contribution in [-0.2, 0) is 6.42 Å². The smallest absolute Gasteiger partial charge is 0.255 e. The van der Waals surface area contributed by atoms with Gasteiger partial charge in [-0.25, -0.2) is 9.37 Å². The van der Waals surface area contributed by atoms with Crippen molar-refractivity contribution in [1.29, 1.82) is 5.26 Å². The summed E-state index contributed by atoms with van der Waals surface area (Å²) in [6, 6.07) is 18.9. The second-order valence-electron chi connectivity index (χ2n) is 6.54. The van der Waals surface area contributed by atoms with E-state index in [0.29, 0.717) is 41.2 Å². The van der Waals surface area contributed by atoms with E-state index in [0.717, 1.165) is 5.56 Å². The fourth-order valence-corrected chi connectivity index (χ4v) is 3.01. The first-order valence-corrected chi connectivity index (χ1v) is 9.50. The molecule has 0 fully saturated rings. The van der Waals surface area contributed by atoms with Gasteiger partial charge in [-0.3, -0.25) is 4.79 Å². The predicted octanol–water partition coefficient (Wildman–Crippen LogP) is 3.14. The predicted molar refractivity (Wildman–Crippen MR) is 112 cm³/mol. The van der Waals surface area contributed by atoms with Gasteiger partial charge in [-0.05, 0) is 42.3 Å². The van der Waals surface area contributed by atoms with Gasteiger partial charge in [0.1, 0.15) is 11.6 Å². The Hall–Kier alpha value is -3.76. The monoisotopic (exact) mass is 404 g/mol. The highest BCUT2D eigenvalue weighted by Crippen LogP contribution is 2.25. The number of aliphatic hydroxyl groups is 1. The number of rotatable bonds is 8. The average molecular weight is 404 g/mol. The van der Waals surface area contributed by atoms with Crippen molar-refractivity contribution in [3.05, 3.63) is 83.2 Å². The van der Waals surface area contributed by atoms with E-state index >= 15 is 0 Å². The van der Waals surface area contributed by atoms with Gasteiger partial charge in [0.15, 0.2) is 0 Å². The van der Waals surface area contributed by atoms with Crippen molar-refractivity contribution >= 4 is 11.7 Å². The number of carbonyl (C=O) groups excluding carboxylic acids is 1. The third kappa shape index (κ3) is 5.19. The highest BCUT2D eigenvalue weighted by molar-refractivity contribution is 5.99. The Balaban J connectivity index is 1.88. The molecule has 0 radical (unpaired) electrons. The van der Waals surface area contributed by atoms with E-state index in [1.807, 2.05) is 12.1 Å². The summed E-state index contributed by atoms with van der Waals surface area (Å²) in [5, 5.41) is 24.1. The molecule has 0 aliphatic rings. The Morgan fingerprint density at radius 1 is 1.10 bits per heavy atom. The summed E-state index contributed by atoms with van der Waals surface area (Å²) >= 11 is 0. The second kappa shape index (κ2) is 10.1. The largest absolute Gasteiger partial charge is 0.395 e. The molecule has 6 nitrogen and oxygen atoms in total. The highest BCUT2D eigenvalue weighted by atomic mass is 19.1. The maximum atomic E-state index is 13.4. The molecule has 1 amide bonds. The van der Waals surface area contributed by atoms with E-state index in [9.17, 15) is 14.4 Å². The molecule has 2 aromatic carbocycles. The van der Waals surface area contributed by atoms with Crippen LogP contribution in [0.15, 0.2) is 60.7 Å². The number of hydrogen-bond donors (Lipinski definition) is 3. The van der Waals surface area contributed by atoms with Gasteiger partial charge in [0.2, 0.25) is 0 Å². The number of amides is 1. The molecule has 0 aliphatic heterocycles. The van der Waals surface area contributed by atoms with Crippen LogP contribution in [0.4, 0.5) is 10.2 Å². The third-order valence-electron chi connectivity index (χ3n) is 4.46. The molecule has 0 bridgehead atoms. The molecule has 0 spiro atoms. The number of benzene rings is 2. The van der Waals surface area contributed by atoms with Crippen LogP contribution in [0.2, 0.25) is 0 Å². The van der Waals surface area contributed by atoms with Crippen LogP contribution >= 0.6 is 0 Å². The van der Waals surface area contributed by atoms with E-state index < -0.39 is 0 Å². The minimum atomic E-state index is -0.370. The fourth-order valence-electron chi connectivity index (χ4n) is 3.01. The number of nitriles is 1. The van der Waals surface area contributed by atoms with Gasteiger partial charge in [0.05, 0.1) is 29.5 Å². The van der Waals surface area contributed by atoms with Gasteiger partial charge in [-0.2, -0.15) is 5.26 Å². The number of nitrogens with one attached hydrogen (secondary N) is 2. The number of hydrogen-bond acceptors (Lipinski definition) is 5. The summed E-state index contributed by atoms with van der Waals surface area (Å²) in [4.78, 5) is 17.0. The van der Waals surface area contributed by atoms with Gasteiger partial charge < -0.3 is 15.7 Å². The molecule has 1 heterocycles. The Morgan fingerprint density at radius 2 is 1.93 bits per heavy atom. The first-order valence-electron chi connectivity index (χ1n) is 9.50. The molecular formula is C23H21FN4O2. The minimum Gasteiger partial charge on any atom is -0.395 e. The summed E-state index contributed by atoms with van der Waals surface area (Å²) in [5.74, 6) is -0.318. The molecule has 1 aromatic heterocycles. The summed E-state index contributed by atoms with van der Waals surface area (Å²) < 4.78 is 13.4. The molecule has 0 aliphatic carbocycles. The van der Waals surface area contributed by atoms with Crippen molar-refractivity contribution in [3.8, 4) is 17.3 Å². The van der Waals surface area contributed by atoms with Gasteiger partial charge in [0.25, 0.3) is 5.91 Å². The van der Waals surface area contributed by atoms with Crippen LogP contribution in [0.25, 0.3) is 11.3 Å². The maximum absolute atomic E-state index is 13.4. The van der Waals surface area contributed by atoms with Gasteiger partial charge in [0, 0.05) is 18.7 Å². The minimum absolute atomic E-state index is 0.126. The van der Waals surface area contributed by atoms with Crippen molar-refractivity contribution in [2.75, 3.05) is 25.0 Å². The Labute approximate surface area is 174 Å². The number of halogens is 1. The molecular weight excluding hydrogens is 383 g/mol. The van der Waals surface area contributed by atoms with E-state index in [4.69, 9.17) is 5.11 Å². The Morgan fingerprint density at radius 3 is 2.70 bits per heavy atom. The Bertz CT molecular complexity index is 1080. The van der Waals surface area contributed by atoms with Crippen LogP contribution in [0, 0.1) is 17.1 Å². The van der Waals surface area contributed by atoms with E-state index in [1.165, 1.54) is 12.1 Å². The normalized spacial score (nSPS) is 10.3. The van der Waals surface area contributed by atoms with Gasteiger partial charge >= 0.3 is 0 Å². The number of aromatic nitrogens is 1. The molecule has 3 rings (SSSR count). The first kappa shape index (κ1) is 21.0. The van der Waals surface area contributed by atoms with Crippen LogP contribution < -0.4 is 10.6 Å². The molecule has 3 N–H and O–H groups in total. The summed E-state index contributed by atoms with van der Waals surface area (Å²) in [6.07, 6.45) is 0.538. The van der Waals surface area contributed by atoms with Crippen molar-refractivity contribution < 1.29 is 14.3 Å². The molecule has 152 valence electrons. The number of nitrogens with zero attached hydrogens (tertiary/aromatic N) is 2. The van der Waals surface area contributed by atoms with Crippen molar-refractivity contribution in [2.45, 2.75) is 6.42 Å². The second-order valence-corrected chi connectivity index (χ2v) is 6.54. The average Bonchev–Trinajstić information content (AvgIpc) is 2.77. The number of aliphatic hydroxyl groups excluding tert-OH is 1. The summed E-state index contributed by atoms with van der Waals surface area (Å²) in [7, 11) is 0. The van der Waals surface area contributed by atoms with Crippen LogP contribution in [0.3, 0.4) is 0 Å². The van der Waals surface area contributed by atoms with E-state index in [1.54, 1.807) is 36.4 Å². The lowest BCUT2D eigenvalue weighted by atomic mass is 10.0. The topological polar surface area (TPSA) is 98.0 Å². The molecule has 0 saturated carbocycles. The zero-order valence-corrected chi connectivity index (χ0v) is 16.2. The molecule has 0 unspecified atom stereocenters. The summed E-state index contributed by atoms with van der Waals surface area (Å²) in [5.41, 5.74) is 2.84. The lowest BCUT2D eigenvalue weighted by Gasteiger charge is -2.13. The first-order chi connectivity index (χ1) is 14.6. The zero-order chi connectivity index (χ0) is 21.3. The fraction of sp³-hybridized carbons (Fsp3) is 0.174. The van der Waals surface area contributed by atoms with E-state index in [2.05, 4.69) is 21.7 Å². The SMILES string of the molecule is N#Cc1ccccc1-c1ccc(C(=O)NCCO)c(NCCc2cccc(F)c2)n1. The van der Waals surface area contributed by atoms with E-state index in [-0.39, 0.29) is 24.9 Å². The van der Waals surface area contributed by atoms with Crippen LogP contribution in [0.1, 0.15) is 21.5 Å². The Kier molecular flexibility index (Phi) is 7.09. The standard InChI is InChI=1S/C23H21FN4O2/c24-18-6-3-4-16(14-18)10-11-26-22-20(23(30)27-12-13-29)8-9-21(28-22)19-7-2-1-5-17(19)15-25/h1-9,14,29H,10-13H2,(H,26,28)(H,27,30). The highest BCUT2D eigenvalue weighted by Gasteiger charge is 2.15. The van der Waals surface area contributed by atoms with Gasteiger partial charge in [-0.1, -0.05) is 30.3 Å². The number of carbonyl (C=O) groups is 1. The van der Waals surface area contributed by atoms with Crippen LogP contribution in [-0.4, -0.2) is 35.7 Å².